The molecule has 0 heterocycles. The zero-order chi connectivity index (χ0) is 15.8. The number of urea groups is 1. The Bertz CT molecular complexity index is 558. The van der Waals surface area contributed by atoms with Gasteiger partial charge < -0.3 is 15.7 Å². The molecule has 0 aliphatic heterocycles. The molecule has 4 heteroatoms. The van der Waals surface area contributed by atoms with Gasteiger partial charge in [-0.1, -0.05) is 18.2 Å². The molecule has 5 rings (SSSR count). The van der Waals surface area contributed by atoms with Crippen LogP contribution in [0.2, 0.25) is 0 Å². The third-order valence-electron chi connectivity index (χ3n) is 6.20. The van der Waals surface area contributed by atoms with Crippen LogP contribution in [0.5, 0.6) is 5.75 Å². The number of carbonyl (C=O) groups excluding carboxylic acids is 1. The van der Waals surface area contributed by atoms with Crippen LogP contribution in [0, 0.1) is 23.7 Å². The molecule has 4 aliphatic rings. The van der Waals surface area contributed by atoms with Crippen LogP contribution in [0.3, 0.4) is 0 Å². The van der Waals surface area contributed by atoms with Gasteiger partial charge in [-0.15, -0.1) is 0 Å². The fourth-order valence-corrected chi connectivity index (χ4v) is 5.40. The van der Waals surface area contributed by atoms with Crippen LogP contribution in [0.15, 0.2) is 24.3 Å². The van der Waals surface area contributed by atoms with Gasteiger partial charge in [-0.05, 0) is 73.8 Å². The number of phenols is 1. The van der Waals surface area contributed by atoms with E-state index in [9.17, 15) is 9.90 Å². The molecule has 1 aromatic rings. The highest BCUT2D eigenvalue weighted by molar-refractivity contribution is 5.74. The van der Waals surface area contributed by atoms with Gasteiger partial charge in [-0.3, -0.25) is 0 Å². The first-order valence-electron chi connectivity index (χ1n) is 9.00. The molecule has 124 valence electrons. The van der Waals surface area contributed by atoms with Crippen LogP contribution >= 0.6 is 0 Å². The van der Waals surface area contributed by atoms with Crippen molar-refractivity contribution in [1.82, 2.24) is 10.6 Å². The van der Waals surface area contributed by atoms with Gasteiger partial charge in [-0.25, -0.2) is 4.79 Å². The van der Waals surface area contributed by atoms with Crippen molar-refractivity contribution in [2.75, 3.05) is 6.54 Å². The largest absolute Gasteiger partial charge is 0.508 e. The molecule has 0 radical (unpaired) electrons. The van der Waals surface area contributed by atoms with Crippen LogP contribution < -0.4 is 10.6 Å². The second-order valence-corrected chi connectivity index (χ2v) is 7.74. The molecular formula is C19H26N2O2. The Labute approximate surface area is 137 Å². The topological polar surface area (TPSA) is 61.4 Å². The van der Waals surface area contributed by atoms with E-state index in [1.165, 1.54) is 32.1 Å². The zero-order valence-corrected chi connectivity index (χ0v) is 13.5. The van der Waals surface area contributed by atoms with Crippen molar-refractivity contribution in [3.63, 3.8) is 0 Å². The lowest BCUT2D eigenvalue weighted by molar-refractivity contribution is -0.00940. The lowest BCUT2D eigenvalue weighted by Gasteiger charge is -2.54. The second kappa shape index (κ2) is 6.06. The molecule has 4 bridgehead atoms. The average molecular weight is 314 g/mol. The quantitative estimate of drug-likeness (QED) is 0.800. The van der Waals surface area contributed by atoms with Crippen LogP contribution in [-0.4, -0.2) is 23.7 Å². The number of benzene rings is 1. The maximum Gasteiger partial charge on any atom is 0.315 e. The molecule has 2 amide bonds. The van der Waals surface area contributed by atoms with Gasteiger partial charge in [-0.2, -0.15) is 0 Å². The van der Waals surface area contributed by atoms with E-state index in [2.05, 4.69) is 10.6 Å². The monoisotopic (exact) mass is 314 g/mol. The molecule has 3 N–H and O–H groups in total. The van der Waals surface area contributed by atoms with Crippen molar-refractivity contribution < 1.29 is 9.90 Å². The number of phenolic OH excluding ortho intramolecular Hbond substituents is 1. The Morgan fingerprint density at radius 3 is 2.35 bits per heavy atom. The van der Waals surface area contributed by atoms with Gasteiger partial charge in [0.2, 0.25) is 0 Å². The molecule has 4 saturated carbocycles. The minimum absolute atomic E-state index is 0.0436. The summed E-state index contributed by atoms with van der Waals surface area (Å²) in [6, 6.07) is 7.64. The van der Waals surface area contributed by atoms with Gasteiger partial charge >= 0.3 is 6.03 Å². The Kier molecular flexibility index (Phi) is 3.92. The summed E-state index contributed by atoms with van der Waals surface area (Å²) in [7, 11) is 0. The van der Waals surface area contributed by atoms with E-state index in [-0.39, 0.29) is 6.03 Å². The zero-order valence-electron chi connectivity index (χ0n) is 13.5. The summed E-state index contributed by atoms with van der Waals surface area (Å²) in [5, 5.41) is 16.0. The van der Waals surface area contributed by atoms with E-state index in [4.69, 9.17) is 0 Å². The molecule has 0 aromatic heterocycles. The molecule has 0 saturated heterocycles. The molecule has 0 spiro atoms. The van der Waals surface area contributed by atoms with Crippen LogP contribution in [0.25, 0.3) is 0 Å². The van der Waals surface area contributed by atoms with Gasteiger partial charge in [0, 0.05) is 12.6 Å². The molecule has 0 unspecified atom stereocenters. The van der Waals surface area contributed by atoms with Crippen molar-refractivity contribution in [3.8, 4) is 5.75 Å². The fourth-order valence-electron chi connectivity index (χ4n) is 5.40. The normalized spacial score (nSPS) is 34.3. The van der Waals surface area contributed by atoms with Crippen LogP contribution in [-0.2, 0) is 6.42 Å². The number of hydrogen-bond donors (Lipinski definition) is 3. The highest BCUT2D eigenvalue weighted by Crippen LogP contribution is 2.53. The molecule has 0 atom stereocenters. The summed E-state index contributed by atoms with van der Waals surface area (Å²) in [4.78, 5) is 12.2. The first-order valence-corrected chi connectivity index (χ1v) is 9.00. The SMILES string of the molecule is O=C(NCCc1ccccc1O)NC1C2CC3CC(C2)CC1C3. The third kappa shape index (κ3) is 3.04. The van der Waals surface area contributed by atoms with Gasteiger partial charge in [0.25, 0.3) is 0 Å². The number of amides is 2. The number of para-hydroxylation sites is 1. The summed E-state index contributed by atoms with van der Waals surface area (Å²) in [6.07, 6.45) is 7.35. The number of aromatic hydroxyl groups is 1. The van der Waals surface area contributed by atoms with Crippen molar-refractivity contribution in [3.05, 3.63) is 29.8 Å². The Morgan fingerprint density at radius 1 is 1.04 bits per heavy atom. The van der Waals surface area contributed by atoms with Gasteiger partial charge in [0.1, 0.15) is 5.75 Å². The number of hydrogen-bond acceptors (Lipinski definition) is 2. The lowest BCUT2D eigenvalue weighted by Crippen LogP contribution is -2.57. The van der Waals surface area contributed by atoms with E-state index in [1.807, 2.05) is 18.2 Å². The fraction of sp³-hybridized carbons (Fsp3) is 0.632. The molecule has 4 aliphatic carbocycles. The number of carbonyl (C=O) groups is 1. The van der Waals surface area contributed by atoms with Gasteiger partial charge in [0.15, 0.2) is 0 Å². The predicted octanol–water partition coefficient (Wildman–Crippen LogP) is 3.06. The van der Waals surface area contributed by atoms with Crippen molar-refractivity contribution in [2.24, 2.45) is 23.7 Å². The molecule has 1 aromatic carbocycles. The van der Waals surface area contributed by atoms with E-state index in [0.29, 0.717) is 36.6 Å². The highest BCUT2D eigenvalue weighted by atomic mass is 16.3. The van der Waals surface area contributed by atoms with Crippen LogP contribution in [0.4, 0.5) is 4.79 Å². The Balaban J connectivity index is 1.27. The van der Waals surface area contributed by atoms with E-state index >= 15 is 0 Å². The number of rotatable bonds is 4. The summed E-state index contributed by atoms with van der Waals surface area (Å²) in [6.45, 7) is 0.552. The smallest absolute Gasteiger partial charge is 0.315 e. The lowest BCUT2D eigenvalue weighted by atomic mass is 9.54. The Morgan fingerprint density at radius 2 is 1.70 bits per heavy atom. The maximum absolute atomic E-state index is 12.2. The van der Waals surface area contributed by atoms with Gasteiger partial charge in [0.05, 0.1) is 0 Å². The predicted molar refractivity (Wildman–Crippen MR) is 89.2 cm³/mol. The second-order valence-electron chi connectivity index (χ2n) is 7.74. The minimum Gasteiger partial charge on any atom is -0.508 e. The summed E-state index contributed by atoms with van der Waals surface area (Å²) in [5.74, 6) is 3.57. The van der Waals surface area contributed by atoms with E-state index in [0.717, 1.165) is 17.4 Å². The van der Waals surface area contributed by atoms with Crippen LogP contribution in [0.1, 0.15) is 37.7 Å². The molecule has 4 nitrogen and oxygen atoms in total. The average Bonchev–Trinajstić information content (AvgIpc) is 2.52. The third-order valence-corrected chi connectivity index (χ3v) is 6.20. The maximum atomic E-state index is 12.2. The minimum atomic E-state index is -0.0436. The highest BCUT2D eigenvalue weighted by Gasteiger charge is 2.48. The molecule has 23 heavy (non-hydrogen) atoms. The summed E-state index contributed by atoms with van der Waals surface area (Å²) in [5.41, 5.74) is 0.877. The number of nitrogens with one attached hydrogen (secondary N) is 2. The summed E-state index contributed by atoms with van der Waals surface area (Å²) >= 11 is 0. The van der Waals surface area contributed by atoms with E-state index < -0.39 is 0 Å². The first kappa shape index (κ1) is 14.9. The molecular weight excluding hydrogens is 288 g/mol. The molecule has 4 fully saturated rings. The Hall–Kier alpha value is -1.71. The van der Waals surface area contributed by atoms with E-state index in [1.54, 1.807) is 6.07 Å². The van der Waals surface area contributed by atoms with Crippen molar-refractivity contribution >= 4 is 6.03 Å². The first-order chi connectivity index (χ1) is 11.2. The van der Waals surface area contributed by atoms with Crippen molar-refractivity contribution in [1.29, 1.82) is 0 Å². The standard InChI is InChI=1S/C19H26N2O2/c22-17-4-2-1-3-14(17)5-6-20-19(23)21-18-15-8-12-7-13(10-15)11-16(18)9-12/h1-4,12-13,15-16,18,22H,5-11H2,(H2,20,21,23). The summed E-state index contributed by atoms with van der Waals surface area (Å²) < 4.78 is 0. The van der Waals surface area contributed by atoms with Crippen molar-refractivity contribution in [2.45, 2.75) is 44.6 Å².